The van der Waals surface area contributed by atoms with Crippen LogP contribution in [0.1, 0.15) is 97.0 Å². The van der Waals surface area contributed by atoms with Crippen molar-refractivity contribution in [3.63, 3.8) is 0 Å². The van der Waals surface area contributed by atoms with Crippen molar-refractivity contribution in [1.29, 1.82) is 0 Å². The van der Waals surface area contributed by atoms with Crippen LogP contribution in [0.25, 0.3) is 11.6 Å². The largest absolute Gasteiger partial charge is 0.478 e. The third-order valence-electron chi connectivity index (χ3n) is 13.0. The minimum absolute atomic E-state index is 0.0235. The van der Waals surface area contributed by atoms with Crippen LogP contribution < -0.4 is 87.9 Å². The Kier molecular flexibility index (Phi) is 16.4. The van der Waals surface area contributed by atoms with Gasteiger partial charge in [0, 0.05) is 24.5 Å². The van der Waals surface area contributed by atoms with Crippen molar-refractivity contribution in [1.82, 2.24) is 60.4 Å². The second-order valence-electron chi connectivity index (χ2n) is 18.8. The van der Waals surface area contributed by atoms with E-state index in [1.165, 1.54) is 48.5 Å². The first-order chi connectivity index (χ1) is 41.9. The van der Waals surface area contributed by atoms with Crippen LogP contribution >= 0.6 is 0 Å². The summed E-state index contributed by atoms with van der Waals surface area (Å²) < 4.78 is 1.63. The van der Waals surface area contributed by atoms with Crippen molar-refractivity contribution in [2.75, 3.05) is 22.1 Å². The standard InChI is InChI=1S/2C27H21N9O8/c28-17-19(21(38)20(17)37)31-14-3-1-2-11(8-14)10-30-24(41)16-9-15(32-26-34-35-27(44)36(16)26)23(40)33-18(22(29)39)12-4-6-13(7-5-12)25(42)43;28-17-19(21(38)20(17)37)31-14-3-1-2-11(8-14)10-30-23(40)15-9-16(36-26(32-15)34-35-27(36)44)24(41)33-18(22(29)39)12-4-6-13(7-5-12)25(42)43/h1-9,18,31H,10,28H2,(H2,29,39)(H,30,41)(H,33,40)(H,35,44)(H,42,43);1-9,18,31H,10,28H2,(H2,29,39)(H,30,40)(H,33,41)(H,35,44)(H,42,43)/t2*18-/m11/s1. The number of nitrogens with zero attached hydrogens (tertiary/aromatic N) is 6. The van der Waals surface area contributed by atoms with Crippen LogP contribution in [0.5, 0.6) is 0 Å². The van der Waals surface area contributed by atoms with E-state index in [0.717, 1.165) is 20.9 Å². The summed E-state index contributed by atoms with van der Waals surface area (Å²) >= 11 is 0. The molecule has 0 aliphatic carbocycles. The first-order valence-electron chi connectivity index (χ1n) is 25.2. The highest BCUT2D eigenvalue weighted by molar-refractivity contribution is 6.01. The molecule has 0 bridgehead atoms. The Morgan fingerprint density at radius 3 is 1.27 bits per heavy atom. The molecule has 0 spiro atoms. The molecule has 10 aromatic rings. The average Bonchev–Trinajstić information content (AvgIpc) is 1.68. The second-order valence-corrected chi connectivity index (χ2v) is 18.8. The number of nitrogen functional groups attached to an aromatic ring is 2. The van der Waals surface area contributed by atoms with Crippen LogP contribution in [0.4, 0.5) is 34.1 Å². The van der Waals surface area contributed by atoms with E-state index in [2.05, 4.69) is 62.3 Å². The number of nitrogens with one attached hydrogen (secondary N) is 8. The molecule has 4 heterocycles. The van der Waals surface area contributed by atoms with E-state index in [-0.39, 0.29) is 86.7 Å². The maximum Gasteiger partial charge on any atom is 0.349 e. The Morgan fingerprint density at radius 1 is 0.489 bits per heavy atom. The number of aromatic amines is 2. The number of benzene rings is 4. The van der Waals surface area contributed by atoms with E-state index < -0.39 is 98.3 Å². The summed E-state index contributed by atoms with van der Waals surface area (Å²) in [6, 6.07) is 22.4. The molecule has 18 N–H and O–H groups in total. The fourth-order valence-electron chi connectivity index (χ4n) is 8.50. The fourth-order valence-corrected chi connectivity index (χ4v) is 8.50. The van der Waals surface area contributed by atoms with Crippen molar-refractivity contribution in [3.8, 4) is 0 Å². The molecule has 4 aromatic heterocycles. The second kappa shape index (κ2) is 24.3. The lowest BCUT2D eigenvalue weighted by molar-refractivity contribution is -0.120. The van der Waals surface area contributed by atoms with Crippen molar-refractivity contribution < 1.29 is 48.6 Å². The van der Waals surface area contributed by atoms with Gasteiger partial charge in [0.15, 0.2) is 0 Å². The topological polar surface area (TPSA) is 548 Å². The van der Waals surface area contributed by atoms with E-state index >= 15 is 0 Å². The van der Waals surface area contributed by atoms with E-state index in [1.54, 1.807) is 48.5 Å². The fraction of sp³-hybridized carbons (Fsp3) is 0.0741. The average molecular weight is 1200 g/mol. The lowest BCUT2D eigenvalue weighted by atomic mass is 10.0. The van der Waals surface area contributed by atoms with E-state index in [0.29, 0.717) is 22.5 Å². The number of carbonyl (C=O) groups excluding carboxylic acids is 6. The number of fused-ring (bicyclic) bond motifs is 2. The van der Waals surface area contributed by atoms with Gasteiger partial charge in [-0.2, -0.15) is 0 Å². The quantitative estimate of drug-likeness (QED) is 0.0362. The lowest BCUT2D eigenvalue weighted by Crippen LogP contribution is -2.39. The summed E-state index contributed by atoms with van der Waals surface area (Å²) in [6.45, 7) is -0.0998. The first kappa shape index (κ1) is 59.3. The molecule has 0 aliphatic heterocycles. The maximum absolute atomic E-state index is 13.3. The van der Waals surface area contributed by atoms with Gasteiger partial charge in [-0.1, -0.05) is 48.5 Å². The lowest BCUT2D eigenvalue weighted by Gasteiger charge is -2.17. The summed E-state index contributed by atoms with van der Waals surface area (Å²) in [5.41, 5.74) is 17.8. The zero-order valence-corrected chi connectivity index (χ0v) is 44.6. The number of carboxylic acids is 2. The molecule has 0 saturated carbocycles. The Hall–Kier alpha value is -13.3. The molecule has 2 atom stereocenters. The predicted molar refractivity (Wildman–Crippen MR) is 306 cm³/mol. The van der Waals surface area contributed by atoms with Gasteiger partial charge in [0.2, 0.25) is 11.8 Å². The van der Waals surface area contributed by atoms with Crippen molar-refractivity contribution in [2.45, 2.75) is 25.2 Å². The number of hydrogen-bond acceptors (Lipinski definition) is 22. The van der Waals surface area contributed by atoms with Crippen LogP contribution in [0.3, 0.4) is 0 Å². The number of H-pyrrole nitrogens is 2. The Balaban J connectivity index is 0.000000209. The normalized spacial score (nSPS) is 11.6. The third-order valence-corrected chi connectivity index (χ3v) is 13.0. The van der Waals surface area contributed by atoms with Gasteiger partial charge in [-0.15, -0.1) is 10.2 Å². The Bertz CT molecular complexity index is 4820. The van der Waals surface area contributed by atoms with E-state index in [1.807, 2.05) is 0 Å². The number of rotatable bonds is 20. The summed E-state index contributed by atoms with van der Waals surface area (Å²) in [5, 5.41) is 45.5. The molecular formula is C54H42N18O16. The Morgan fingerprint density at radius 2 is 0.875 bits per heavy atom. The summed E-state index contributed by atoms with van der Waals surface area (Å²) in [4.78, 5) is 178. The minimum atomic E-state index is -1.42. The number of anilines is 6. The number of carboxylic acid groups (broad SMARTS) is 2. The molecule has 0 radical (unpaired) electrons. The van der Waals surface area contributed by atoms with Crippen molar-refractivity contribution in [3.05, 3.63) is 227 Å². The molecule has 0 saturated heterocycles. The molecule has 0 fully saturated rings. The molecule has 88 heavy (non-hydrogen) atoms. The number of hydrogen-bond donors (Lipinski definition) is 14. The number of primary amides is 2. The van der Waals surface area contributed by atoms with Gasteiger partial charge in [0.05, 0.1) is 11.1 Å². The van der Waals surface area contributed by atoms with Gasteiger partial charge >= 0.3 is 23.3 Å². The number of aromatic carboxylic acids is 2. The van der Waals surface area contributed by atoms with Crippen molar-refractivity contribution >= 4 is 93.1 Å². The zero-order valence-electron chi connectivity index (χ0n) is 44.6. The first-order valence-corrected chi connectivity index (χ1v) is 25.2. The van der Waals surface area contributed by atoms with Gasteiger partial charge < -0.3 is 65.0 Å². The summed E-state index contributed by atoms with van der Waals surface area (Å²) in [5.74, 6) is -8.43. The molecule has 10 rings (SSSR count). The Labute approximate surface area is 486 Å². The van der Waals surface area contributed by atoms with Gasteiger partial charge in [0.25, 0.3) is 56.9 Å². The van der Waals surface area contributed by atoms with Crippen LogP contribution in [0, 0.1) is 0 Å². The summed E-state index contributed by atoms with van der Waals surface area (Å²) in [7, 11) is 0. The molecule has 0 aliphatic rings. The number of amides is 6. The van der Waals surface area contributed by atoms with E-state index in [9.17, 15) is 67.1 Å². The number of nitrogens with two attached hydrogens (primary N) is 4. The monoisotopic (exact) mass is 1200 g/mol. The summed E-state index contributed by atoms with van der Waals surface area (Å²) in [6.07, 6.45) is 0. The molecule has 444 valence electrons. The van der Waals surface area contributed by atoms with Crippen LogP contribution in [-0.4, -0.2) is 96.8 Å². The van der Waals surface area contributed by atoms with Gasteiger partial charge in [-0.05, 0) is 82.9 Å². The predicted octanol–water partition coefficient (Wildman–Crippen LogP) is -2.15. The molecule has 34 nitrogen and oxygen atoms in total. The molecule has 6 amide bonds. The number of aromatic nitrogens is 8. The molecular weight excluding hydrogens is 1160 g/mol. The van der Waals surface area contributed by atoms with E-state index in [4.69, 9.17) is 33.1 Å². The van der Waals surface area contributed by atoms with Gasteiger partial charge in [-0.25, -0.2) is 48.1 Å². The minimum Gasteiger partial charge on any atom is -0.478 e. The van der Waals surface area contributed by atoms with Crippen molar-refractivity contribution in [2.24, 2.45) is 11.5 Å². The highest BCUT2D eigenvalue weighted by Crippen LogP contribution is 2.22. The maximum atomic E-state index is 13.3. The zero-order chi connectivity index (χ0) is 63.4. The highest BCUT2D eigenvalue weighted by Gasteiger charge is 2.28. The molecule has 34 heteroatoms. The molecule has 0 unspecified atom stereocenters. The van der Waals surface area contributed by atoms with Crippen LogP contribution in [0.2, 0.25) is 0 Å². The number of carbonyl (C=O) groups is 8. The smallest absolute Gasteiger partial charge is 0.349 e. The SMILES string of the molecule is NC(=O)[C@H](NC(=O)c1cc(C(=O)NCc2cccc(Nc3c(N)c(=O)c3=O)c2)n2c(=O)[nH]nc2n1)c1ccc(C(=O)O)cc1.NC(=O)[C@H](NC(=O)c1cc(C(=O)NCc2cccc(Nc3c(N)c(=O)c3=O)c2)nc2n[nH]c(=O)n12)c1ccc(C(=O)O)cc1. The van der Waals surface area contributed by atoms with Crippen LogP contribution in [0.15, 0.2) is 138 Å². The third kappa shape index (κ3) is 12.2. The van der Waals surface area contributed by atoms with Gasteiger partial charge in [0.1, 0.15) is 57.6 Å². The highest BCUT2D eigenvalue weighted by atomic mass is 16.4. The van der Waals surface area contributed by atoms with Crippen LogP contribution in [-0.2, 0) is 22.7 Å². The molecule has 6 aromatic carbocycles. The van der Waals surface area contributed by atoms with Gasteiger partial charge in [-0.3, -0.25) is 47.9 Å².